The lowest BCUT2D eigenvalue weighted by molar-refractivity contribution is -0.116. The number of anilines is 1. The summed E-state index contributed by atoms with van der Waals surface area (Å²) < 4.78 is 0. The number of aryl methyl sites for hydroxylation is 2. The predicted molar refractivity (Wildman–Crippen MR) is 80.4 cm³/mol. The third-order valence-electron chi connectivity index (χ3n) is 3.56. The molecular weight excluding hydrogens is 252 g/mol. The molecule has 0 unspecified atom stereocenters. The Balaban J connectivity index is 2.37. The van der Waals surface area contributed by atoms with Crippen LogP contribution in [0, 0.1) is 5.92 Å². The molecule has 0 saturated carbocycles. The number of nitrogens with two attached hydrogens (primary N) is 2. The van der Waals surface area contributed by atoms with Crippen LogP contribution in [-0.2, 0) is 24.2 Å². The molecule has 0 aromatic carbocycles. The van der Waals surface area contributed by atoms with Crippen molar-refractivity contribution in [2.45, 2.75) is 39.7 Å². The molecule has 1 aromatic heterocycles. The van der Waals surface area contributed by atoms with Crippen LogP contribution in [-0.4, -0.2) is 24.0 Å². The van der Waals surface area contributed by atoms with E-state index in [9.17, 15) is 4.79 Å². The van der Waals surface area contributed by atoms with E-state index in [-0.39, 0.29) is 12.5 Å². The zero-order chi connectivity index (χ0) is 14.7. The Morgan fingerprint density at radius 2 is 2.20 bits per heavy atom. The average Bonchev–Trinajstić information content (AvgIpc) is 2.82. The summed E-state index contributed by atoms with van der Waals surface area (Å²) in [7, 11) is 0. The minimum atomic E-state index is -0.337. The molecule has 5 heteroatoms. The van der Waals surface area contributed by atoms with E-state index in [1.165, 1.54) is 5.56 Å². The lowest BCUT2D eigenvalue weighted by Crippen LogP contribution is -2.37. The minimum absolute atomic E-state index is 0.191. The van der Waals surface area contributed by atoms with Crippen molar-refractivity contribution in [3.05, 3.63) is 22.9 Å². The molecule has 0 aliphatic heterocycles. The van der Waals surface area contributed by atoms with Gasteiger partial charge in [-0.1, -0.05) is 13.8 Å². The van der Waals surface area contributed by atoms with Crippen LogP contribution in [0.2, 0.25) is 0 Å². The third-order valence-corrected chi connectivity index (χ3v) is 3.56. The Labute approximate surface area is 120 Å². The topological polar surface area (TPSA) is 85.2 Å². The number of primary amides is 1. The van der Waals surface area contributed by atoms with Crippen LogP contribution in [0.4, 0.5) is 5.82 Å². The van der Waals surface area contributed by atoms with E-state index in [0.717, 1.165) is 42.9 Å². The smallest absolute Gasteiger partial charge is 0.236 e. The van der Waals surface area contributed by atoms with Crippen LogP contribution >= 0.6 is 0 Å². The molecule has 4 N–H and O–H groups in total. The Kier molecular flexibility index (Phi) is 4.60. The number of carbonyl (C=O) groups is 1. The first-order chi connectivity index (χ1) is 9.51. The Bertz CT molecular complexity index is 499. The zero-order valence-corrected chi connectivity index (χ0v) is 12.4. The summed E-state index contributed by atoms with van der Waals surface area (Å²) >= 11 is 0. The van der Waals surface area contributed by atoms with Crippen molar-refractivity contribution in [3.8, 4) is 0 Å². The molecule has 1 aliphatic carbocycles. The fraction of sp³-hybridized carbons (Fsp3) is 0.600. The SMILES string of the molecule is CC(C)CN(CC(N)=O)c1nc2c(cc1CN)CCC2. The highest BCUT2D eigenvalue weighted by molar-refractivity contribution is 5.79. The molecule has 1 aliphatic rings. The normalized spacial score (nSPS) is 13.6. The Hall–Kier alpha value is -1.62. The van der Waals surface area contributed by atoms with Crippen LogP contribution in [0.1, 0.15) is 37.1 Å². The van der Waals surface area contributed by atoms with Crippen LogP contribution < -0.4 is 16.4 Å². The van der Waals surface area contributed by atoms with E-state index in [4.69, 9.17) is 16.5 Å². The summed E-state index contributed by atoms with van der Waals surface area (Å²) in [5.74, 6) is 0.923. The van der Waals surface area contributed by atoms with Crippen molar-refractivity contribution in [3.63, 3.8) is 0 Å². The van der Waals surface area contributed by atoms with E-state index in [1.54, 1.807) is 0 Å². The van der Waals surface area contributed by atoms with Crippen molar-refractivity contribution in [1.82, 2.24) is 4.98 Å². The van der Waals surface area contributed by atoms with E-state index >= 15 is 0 Å². The largest absolute Gasteiger partial charge is 0.368 e. The lowest BCUT2D eigenvalue weighted by Gasteiger charge is -2.27. The summed E-state index contributed by atoms with van der Waals surface area (Å²) in [4.78, 5) is 18.1. The molecule has 0 radical (unpaired) electrons. The maximum Gasteiger partial charge on any atom is 0.236 e. The number of fused-ring (bicyclic) bond motifs is 1. The molecule has 1 amide bonds. The summed E-state index contributed by atoms with van der Waals surface area (Å²) in [5.41, 5.74) is 14.7. The highest BCUT2D eigenvalue weighted by atomic mass is 16.1. The van der Waals surface area contributed by atoms with Crippen LogP contribution in [0.5, 0.6) is 0 Å². The van der Waals surface area contributed by atoms with Gasteiger partial charge in [-0.05, 0) is 36.8 Å². The number of pyridine rings is 1. The standard InChI is InChI=1S/C15H24N4O/c1-10(2)8-19(9-14(17)20)15-12(7-16)6-11-4-3-5-13(11)18-15/h6,10H,3-5,7-9,16H2,1-2H3,(H2,17,20). The molecule has 1 heterocycles. The second-order valence-corrected chi connectivity index (χ2v) is 5.88. The van der Waals surface area contributed by atoms with Gasteiger partial charge in [0.15, 0.2) is 0 Å². The molecule has 0 saturated heterocycles. The maximum atomic E-state index is 11.3. The number of amides is 1. The fourth-order valence-electron chi connectivity index (χ4n) is 2.79. The molecule has 1 aromatic rings. The van der Waals surface area contributed by atoms with Crippen molar-refractivity contribution >= 4 is 11.7 Å². The van der Waals surface area contributed by atoms with Gasteiger partial charge in [-0.15, -0.1) is 0 Å². The van der Waals surface area contributed by atoms with Crippen molar-refractivity contribution in [2.24, 2.45) is 17.4 Å². The Morgan fingerprint density at radius 3 is 2.80 bits per heavy atom. The summed E-state index contributed by atoms with van der Waals surface area (Å²) in [6.07, 6.45) is 3.24. The molecule has 0 spiro atoms. The average molecular weight is 276 g/mol. The van der Waals surface area contributed by atoms with Gasteiger partial charge < -0.3 is 16.4 Å². The first-order valence-corrected chi connectivity index (χ1v) is 7.26. The molecule has 5 nitrogen and oxygen atoms in total. The lowest BCUT2D eigenvalue weighted by atomic mass is 10.1. The molecule has 2 rings (SSSR count). The van der Waals surface area contributed by atoms with Gasteiger partial charge in [0.25, 0.3) is 0 Å². The summed E-state index contributed by atoms with van der Waals surface area (Å²) in [6.45, 7) is 5.61. The quantitative estimate of drug-likeness (QED) is 0.811. The van der Waals surface area contributed by atoms with Gasteiger partial charge in [-0.3, -0.25) is 4.79 Å². The van der Waals surface area contributed by atoms with Gasteiger partial charge in [-0.25, -0.2) is 4.98 Å². The number of rotatable bonds is 6. The molecule has 0 atom stereocenters. The molecular formula is C15H24N4O. The number of aromatic nitrogens is 1. The predicted octanol–water partition coefficient (Wildman–Crippen LogP) is 0.977. The molecule has 20 heavy (non-hydrogen) atoms. The molecule has 110 valence electrons. The summed E-state index contributed by atoms with van der Waals surface area (Å²) in [5, 5.41) is 0. The van der Waals surface area contributed by atoms with Crippen LogP contribution in [0.3, 0.4) is 0 Å². The highest BCUT2D eigenvalue weighted by Gasteiger charge is 2.21. The second-order valence-electron chi connectivity index (χ2n) is 5.88. The maximum absolute atomic E-state index is 11.3. The van der Waals surface area contributed by atoms with Gasteiger partial charge in [0.2, 0.25) is 5.91 Å². The number of hydrogen-bond acceptors (Lipinski definition) is 4. The fourth-order valence-corrected chi connectivity index (χ4v) is 2.79. The molecule has 0 bridgehead atoms. The van der Waals surface area contributed by atoms with Crippen molar-refractivity contribution in [2.75, 3.05) is 18.0 Å². The van der Waals surface area contributed by atoms with E-state index in [0.29, 0.717) is 12.5 Å². The van der Waals surface area contributed by atoms with Gasteiger partial charge in [-0.2, -0.15) is 0 Å². The van der Waals surface area contributed by atoms with E-state index in [1.807, 2.05) is 4.90 Å². The van der Waals surface area contributed by atoms with E-state index in [2.05, 4.69) is 19.9 Å². The first-order valence-electron chi connectivity index (χ1n) is 7.26. The van der Waals surface area contributed by atoms with E-state index < -0.39 is 0 Å². The van der Waals surface area contributed by atoms with Gasteiger partial charge >= 0.3 is 0 Å². The first kappa shape index (κ1) is 14.8. The third kappa shape index (κ3) is 3.28. The van der Waals surface area contributed by atoms with Crippen molar-refractivity contribution < 1.29 is 4.79 Å². The highest BCUT2D eigenvalue weighted by Crippen LogP contribution is 2.27. The van der Waals surface area contributed by atoms with Gasteiger partial charge in [0.1, 0.15) is 5.82 Å². The second kappa shape index (κ2) is 6.22. The van der Waals surface area contributed by atoms with Crippen LogP contribution in [0.15, 0.2) is 6.07 Å². The molecule has 0 fully saturated rings. The number of carbonyl (C=O) groups excluding carboxylic acids is 1. The van der Waals surface area contributed by atoms with Crippen LogP contribution in [0.25, 0.3) is 0 Å². The van der Waals surface area contributed by atoms with Gasteiger partial charge in [0, 0.05) is 24.3 Å². The summed E-state index contributed by atoms with van der Waals surface area (Å²) in [6, 6.07) is 2.15. The zero-order valence-electron chi connectivity index (χ0n) is 12.4. The van der Waals surface area contributed by atoms with Crippen molar-refractivity contribution in [1.29, 1.82) is 0 Å². The minimum Gasteiger partial charge on any atom is -0.368 e. The van der Waals surface area contributed by atoms with Gasteiger partial charge in [0.05, 0.1) is 6.54 Å². The number of hydrogen-bond donors (Lipinski definition) is 2. The number of nitrogens with zero attached hydrogens (tertiary/aromatic N) is 2. The monoisotopic (exact) mass is 276 g/mol. The Morgan fingerprint density at radius 1 is 1.45 bits per heavy atom.